The van der Waals surface area contributed by atoms with Gasteiger partial charge in [0.2, 0.25) is 0 Å². The summed E-state index contributed by atoms with van der Waals surface area (Å²) >= 11 is 23.3. The summed E-state index contributed by atoms with van der Waals surface area (Å²) < 4.78 is 11.1. The average molecular weight is 395 g/mol. The molecule has 4 nitrogen and oxygen atoms in total. The Balaban J connectivity index is 2.04. The number of carbonyl (C=O) groups excluding carboxylic acids is 1. The van der Waals surface area contributed by atoms with E-state index >= 15 is 0 Å². The fraction of sp³-hybridized carbons (Fsp3) is 0.133. The van der Waals surface area contributed by atoms with Crippen LogP contribution in [0, 0.1) is 0 Å². The molecule has 1 N–H and O–H groups in total. The van der Waals surface area contributed by atoms with E-state index in [1.54, 1.807) is 24.3 Å². The van der Waals surface area contributed by atoms with Gasteiger partial charge in [0.25, 0.3) is 0 Å². The third-order valence-corrected chi connectivity index (χ3v) is 3.60. The SMILES string of the molecule is O=Cc1ccc(COc2c(Cl)cc(OCC=C(Cl)Cl)cc2Cl)[nH]1. The second-order valence-electron chi connectivity index (χ2n) is 4.37. The van der Waals surface area contributed by atoms with Crippen molar-refractivity contribution in [1.29, 1.82) is 0 Å². The summed E-state index contributed by atoms with van der Waals surface area (Å²) in [7, 11) is 0. The number of ether oxygens (including phenoxy) is 2. The molecule has 0 aliphatic rings. The minimum absolute atomic E-state index is 0.114. The van der Waals surface area contributed by atoms with Gasteiger partial charge in [-0.3, -0.25) is 4.79 Å². The number of H-pyrrole nitrogens is 1. The van der Waals surface area contributed by atoms with Gasteiger partial charge in [0.15, 0.2) is 12.0 Å². The average Bonchev–Trinajstić information content (AvgIpc) is 2.94. The van der Waals surface area contributed by atoms with Crippen LogP contribution in [0.1, 0.15) is 16.2 Å². The molecule has 0 atom stereocenters. The Bertz CT molecular complexity index is 700. The number of aromatic amines is 1. The molecule has 0 radical (unpaired) electrons. The van der Waals surface area contributed by atoms with Crippen molar-refractivity contribution in [2.24, 2.45) is 0 Å². The molecule has 0 spiro atoms. The zero-order valence-corrected chi connectivity index (χ0v) is 14.6. The highest BCUT2D eigenvalue weighted by Gasteiger charge is 2.11. The first-order chi connectivity index (χ1) is 11.0. The van der Waals surface area contributed by atoms with Crippen molar-refractivity contribution in [3.8, 4) is 11.5 Å². The van der Waals surface area contributed by atoms with Crippen LogP contribution in [0.3, 0.4) is 0 Å². The van der Waals surface area contributed by atoms with Crippen LogP contribution in [0.25, 0.3) is 0 Å². The number of benzene rings is 1. The molecule has 2 aromatic rings. The Morgan fingerprint density at radius 1 is 1.13 bits per heavy atom. The van der Waals surface area contributed by atoms with Crippen LogP contribution in [0.15, 0.2) is 34.8 Å². The van der Waals surface area contributed by atoms with Crippen LogP contribution >= 0.6 is 46.4 Å². The second-order valence-corrected chi connectivity index (χ2v) is 6.19. The van der Waals surface area contributed by atoms with Gasteiger partial charge < -0.3 is 14.5 Å². The van der Waals surface area contributed by atoms with Gasteiger partial charge in [0.1, 0.15) is 23.5 Å². The fourth-order valence-electron chi connectivity index (χ4n) is 1.72. The predicted octanol–water partition coefficient (Wildman–Crippen LogP) is 5.41. The molecule has 0 amide bonds. The summed E-state index contributed by atoms with van der Waals surface area (Å²) in [4.78, 5) is 13.5. The smallest absolute Gasteiger partial charge is 0.166 e. The molecule has 1 aromatic heterocycles. The van der Waals surface area contributed by atoms with Gasteiger partial charge in [0, 0.05) is 12.1 Å². The van der Waals surface area contributed by atoms with Crippen molar-refractivity contribution in [3.05, 3.63) is 56.3 Å². The van der Waals surface area contributed by atoms with E-state index in [1.165, 1.54) is 6.08 Å². The summed E-state index contributed by atoms with van der Waals surface area (Å²) in [6.07, 6.45) is 2.21. The van der Waals surface area contributed by atoms with E-state index in [0.717, 1.165) is 12.0 Å². The van der Waals surface area contributed by atoms with Gasteiger partial charge in [-0.05, 0) is 18.2 Å². The molecule has 0 bridgehead atoms. The van der Waals surface area contributed by atoms with Gasteiger partial charge in [-0.2, -0.15) is 0 Å². The number of aldehydes is 1. The van der Waals surface area contributed by atoms with Crippen molar-refractivity contribution in [2.45, 2.75) is 6.61 Å². The normalized spacial score (nSPS) is 10.3. The Morgan fingerprint density at radius 3 is 2.39 bits per heavy atom. The van der Waals surface area contributed by atoms with E-state index in [1.807, 2.05) is 0 Å². The summed E-state index contributed by atoms with van der Waals surface area (Å²) in [5.74, 6) is 0.787. The molecule has 2 rings (SSSR count). The first-order valence-corrected chi connectivity index (χ1v) is 7.89. The fourth-order valence-corrected chi connectivity index (χ4v) is 2.42. The van der Waals surface area contributed by atoms with Crippen molar-refractivity contribution < 1.29 is 14.3 Å². The minimum atomic E-state index is 0.114. The molecule has 23 heavy (non-hydrogen) atoms. The molecule has 122 valence electrons. The van der Waals surface area contributed by atoms with Crippen LogP contribution in [0.4, 0.5) is 0 Å². The third kappa shape index (κ3) is 5.36. The Morgan fingerprint density at radius 2 is 1.83 bits per heavy atom. The van der Waals surface area contributed by atoms with Crippen LogP contribution in [0.5, 0.6) is 11.5 Å². The molecular weight excluding hydrogens is 384 g/mol. The van der Waals surface area contributed by atoms with E-state index in [9.17, 15) is 4.79 Å². The first-order valence-electron chi connectivity index (χ1n) is 6.38. The van der Waals surface area contributed by atoms with E-state index in [2.05, 4.69) is 4.98 Å². The maximum absolute atomic E-state index is 10.6. The third-order valence-electron chi connectivity index (χ3n) is 2.73. The highest BCUT2D eigenvalue weighted by atomic mass is 35.5. The van der Waals surface area contributed by atoms with E-state index in [4.69, 9.17) is 55.9 Å². The monoisotopic (exact) mass is 393 g/mol. The lowest BCUT2D eigenvalue weighted by Crippen LogP contribution is -1.99. The summed E-state index contributed by atoms with van der Waals surface area (Å²) in [6, 6.07) is 6.54. The summed E-state index contributed by atoms with van der Waals surface area (Å²) in [5.41, 5.74) is 1.19. The number of aromatic nitrogens is 1. The van der Waals surface area contributed by atoms with Crippen molar-refractivity contribution in [2.75, 3.05) is 6.61 Å². The van der Waals surface area contributed by atoms with E-state index < -0.39 is 0 Å². The Kier molecular flexibility index (Phi) is 6.66. The second kappa shape index (κ2) is 8.50. The molecule has 0 saturated heterocycles. The van der Waals surface area contributed by atoms with Gasteiger partial charge in [0.05, 0.1) is 21.4 Å². The Hall–Kier alpha value is -1.33. The lowest BCUT2D eigenvalue weighted by Gasteiger charge is -2.11. The molecule has 1 aromatic carbocycles. The first kappa shape index (κ1) is 18.0. The highest BCUT2D eigenvalue weighted by molar-refractivity contribution is 6.55. The van der Waals surface area contributed by atoms with Crippen LogP contribution in [0.2, 0.25) is 10.0 Å². The van der Waals surface area contributed by atoms with Crippen molar-refractivity contribution >= 4 is 52.7 Å². The van der Waals surface area contributed by atoms with Gasteiger partial charge in [-0.25, -0.2) is 0 Å². The lowest BCUT2D eigenvalue weighted by atomic mass is 10.3. The van der Waals surface area contributed by atoms with Crippen molar-refractivity contribution in [1.82, 2.24) is 4.98 Å². The summed E-state index contributed by atoms with van der Waals surface area (Å²) in [6.45, 7) is 0.379. The summed E-state index contributed by atoms with van der Waals surface area (Å²) in [5, 5.41) is 0.603. The lowest BCUT2D eigenvalue weighted by molar-refractivity contribution is 0.111. The largest absolute Gasteiger partial charge is 0.489 e. The van der Waals surface area contributed by atoms with Gasteiger partial charge in [-0.15, -0.1) is 0 Å². The highest BCUT2D eigenvalue weighted by Crippen LogP contribution is 2.37. The standard InChI is InChI=1S/C15H11Cl4NO3/c16-12-5-11(22-4-3-14(18)19)6-13(17)15(12)23-8-10-2-1-9(7-21)20-10/h1-3,5-7,20H,4,8H2. The zero-order valence-electron chi connectivity index (χ0n) is 11.6. The number of rotatable bonds is 7. The van der Waals surface area contributed by atoms with E-state index in [0.29, 0.717) is 27.2 Å². The molecule has 0 saturated carbocycles. The van der Waals surface area contributed by atoms with Gasteiger partial charge >= 0.3 is 0 Å². The molecule has 0 fully saturated rings. The quantitative estimate of drug-likeness (QED) is 0.638. The molecule has 0 unspecified atom stereocenters. The molecule has 0 aliphatic heterocycles. The number of nitrogens with one attached hydrogen (secondary N) is 1. The Labute approximate surface area is 152 Å². The molecule has 1 heterocycles. The number of hydrogen-bond donors (Lipinski definition) is 1. The van der Waals surface area contributed by atoms with Crippen molar-refractivity contribution in [3.63, 3.8) is 0 Å². The number of hydrogen-bond acceptors (Lipinski definition) is 3. The topological polar surface area (TPSA) is 51.3 Å². The maximum atomic E-state index is 10.6. The van der Waals surface area contributed by atoms with Crippen LogP contribution in [-0.2, 0) is 6.61 Å². The molecular formula is C15H11Cl4NO3. The maximum Gasteiger partial charge on any atom is 0.166 e. The minimum Gasteiger partial charge on any atom is -0.489 e. The molecule has 8 heteroatoms. The van der Waals surface area contributed by atoms with Gasteiger partial charge in [-0.1, -0.05) is 46.4 Å². The zero-order chi connectivity index (χ0) is 16.8. The predicted molar refractivity (Wildman–Crippen MR) is 92.3 cm³/mol. The van der Waals surface area contributed by atoms with Crippen LogP contribution in [-0.4, -0.2) is 17.9 Å². The van der Waals surface area contributed by atoms with E-state index in [-0.39, 0.29) is 17.7 Å². The van der Waals surface area contributed by atoms with Crippen LogP contribution < -0.4 is 9.47 Å². The molecule has 0 aliphatic carbocycles. The number of carbonyl (C=O) groups is 1. The number of halogens is 4.